The molecule has 0 radical (unpaired) electrons. The molecule has 0 N–H and O–H groups in total. The van der Waals surface area contributed by atoms with E-state index in [2.05, 4.69) is 17.9 Å². The van der Waals surface area contributed by atoms with Gasteiger partial charge in [0, 0.05) is 25.0 Å². The van der Waals surface area contributed by atoms with Crippen molar-refractivity contribution in [3.63, 3.8) is 0 Å². The zero-order valence-electron chi connectivity index (χ0n) is 7.50. The van der Waals surface area contributed by atoms with Gasteiger partial charge in [-0.05, 0) is 6.92 Å². The minimum Gasteiger partial charge on any atom is -0.379 e. The summed E-state index contributed by atoms with van der Waals surface area (Å²) < 4.78 is 5.33. The van der Waals surface area contributed by atoms with Gasteiger partial charge in [-0.25, -0.2) is 0 Å². The molecule has 0 aromatic rings. The quantitative estimate of drug-likeness (QED) is 0.493. The smallest absolute Gasteiger partial charge is 0.0619 e. The SMILES string of the molecule is CC1COCCN1C/C=C/CCl. The number of alkyl halides is 1. The Hall–Kier alpha value is -0.0500. The summed E-state index contributed by atoms with van der Waals surface area (Å²) >= 11 is 5.53. The number of ether oxygens (including phenoxy) is 1. The highest BCUT2D eigenvalue weighted by Gasteiger charge is 2.16. The number of hydrogen-bond acceptors (Lipinski definition) is 2. The van der Waals surface area contributed by atoms with E-state index in [0.717, 1.165) is 26.3 Å². The minimum atomic E-state index is 0.540. The van der Waals surface area contributed by atoms with Gasteiger partial charge in [-0.1, -0.05) is 12.2 Å². The fraction of sp³-hybridized carbons (Fsp3) is 0.778. The zero-order chi connectivity index (χ0) is 8.81. The Labute approximate surface area is 79.1 Å². The predicted octanol–water partition coefficient (Wildman–Crippen LogP) is 1.50. The van der Waals surface area contributed by atoms with Gasteiger partial charge in [0.15, 0.2) is 0 Å². The van der Waals surface area contributed by atoms with E-state index in [0.29, 0.717) is 11.9 Å². The predicted molar refractivity (Wildman–Crippen MR) is 51.7 cm³/mol. The second-order valence-corrected chi connectivity index (χ2v) is 3.35. The van der Waals surface area contributed by atoms with Gasteiger partial charge in [-0.15, -0.1) is 11.6 Å². The number of hydrogen-bond donors (Lipinski definition) is 0. The van der Waals surface area contributed by atoms with Crippen LogP contribution < -0.4 is 0 Å². The molecule has 1 saturated heterocycles. The summed E-state index contributed by atoms with van der Waals surface area (Å²) in [5.41, 5.74) is 0. The third kappa shape index (κ3) is 3.13. The third-order valence-electron chi connectivity index (χ3n) is 2.10. The van der Waals surface area contributed by atoms with Crippen molar-refractivity contribution in [3.8, 4) is 0 Å². The summed E-state index contributed by atoms with van der Waals surface area (Å²) in [5.74, 6) is 0.610. The maximum Gasteiger partial charge on any atom is 0.0619 e. The first kappa shape index (κ1) is 10.0. The Balaban J connectivity index is 2.24. The summed E-state index contributed by atoms with van der Waals surface area (Å²) in [6, 6.07) is 0.540. The lowest BCUT2D eigenvalue weighted by Gasteiger charge is -2.32. The largest absolute Gasteiger partial charge is 0.379 e. The van der Waals surface area contributed by atoms with Crippen molar-refractivity contribution in [3.05, 3.63) is 12.2 Å². The third-order valence-corrected chi connectivity index (χ3v) is 2.28. The molecule has 12 heavy (non-hydrogen) atoms. The van der Waals surface area contributed by atoms with Crippen LogP contribution in [0.4, 0.5) is 0 Å². The Morgan fingerprint density at radius 2 is 2.42 bits per heavy atom. The van der Waals surface area contributed by atoms with E-state index in [1.807, 2.05) is 6.08 Å². The molecule has 1 aliphatic heterocycles. The lowest BCUT2D eigenvalue weighted by molar-refractivity contribution is 0.00555. The van der Waals surface area contributed by atoms with E-state index in [4.69, 9.17) is 16.3 Å². The number of allylic oxidation sites excluding steroid dienone is 1. The maximum absolute atomic E-state index is 5.53. The Kier molecular flexibility index (Phi) is 4.66. The van der Waals surface area contributed by atoms with Crippen LogP contribution in [-0.4, -0.2) is 43.1 Å². The second kappa shape index (κ2) is 5.57. The van der Waals surface area contributed by atoms with E-state index in [1.165, 1.54) is 0 Å². The molecule has 0 aliphatic carbocycles. The van der Waals surface area contributed by atoms with Gasteiger partial charge in [-0.2, -0.15) is 0 Å². The minimum absolute atomic E-state index is 0.540. The summed E-state index contributed by atoms with van der Waals surface area (Å²) in [5, 5.41) is 0. The molecule has 1 rings (SSSR count). The molecule has 3 heteroatoms. The summed E-state index contributed by atoms with van der Waals surface area (Å²) in [6.45, 7) is 5.94. The summed E-state index contributed by atoms with van der Waals surface area (Å²) in [4.78, 5) is 2.40. The fourth-order valence-electron chi connectivity index (χ4n) is 1.31. The van der Waals surface area contributed by atoms with Crippen LogP contribution in [0, 0.1) is 0 Å². The molecule has 0 aromatic heterocycles. The molecule has 0 saturated carbocycles. The van der Waals surface area contributed by atoms with Crippen molar-refractivity contribution in [1.82, 2.24) is 4.90 Å². The number of rotatable bonds is 3. The average molecular weight is 190 g/mol. The lowest BCUT2D eigenvalue weighted by atomic mass is 10.2. The standard InChI is InChI=1S/C9H16ClNO/c1-9-8-12-7-6-11(9)5-3-2-4-10/h2-3,9H,4-8H2,1H3/b3-2+. The van der Waals surface area contributed by atoms with Crippen LogP contribution in [0.2, 0.25) is 0 Å². The van der Waals surface area contributed by atoms with Crippen molar-refractivity contribution in [2.24, 2.45) is 0 Å². The molecule has 1 fully saturated rings. The molecule has 0 amide bonds. The molecule has 70 valence electrons. The molecule has 0 spiro atoms. The highest BCUT2D eigenvalue weighted by Crippen LogP contribution is 2.05. The zero-order valence-corrected chi connectivity index (χ0v) is 8.26. The molecule has 1 heterocycles. The average Bonchev–Trinajstić information content (AvgIpc) is 2.09. The van der Waals surface area contributed by atoms with Gasteiger partial charge in [0.05, 0.1) is 13.2 Å². The first-order valence-corrected chi connectivity index (χ1v) is 4.91. The van der Waals surface area contributed by atoms with Gasteiger partial charge in [-0.3, -0.25) is 4.90 Å². The van der Waals surface area contributed by atoms with E-state index in [-0.39, 0.29) is 0 Å². The van der Waals surface area contributed by atoms with E-state index in [1.54, 1.807) is 0 Å². The number of morpholine rings is 1. The van der Waals surface area contributed by atoms with Crippen LogP contribution in [0.15, 0.2) is 12.2 Å². The van der Waals surface area contributed by atoms with Crippen molar-refractivity contribution in [2.45, 2.75) is 13.0 Å². The van der Waals surface area contributed by atoms with Gasteiger partial charge in [0.1, 0.15) is 0 Å². The first-order valence-electron chi connectivity index (χ1n) is 4.37. The Bertz CT molecular complexity index is 149. The van der Waals surface area contributed by atoms with Crippen molar-refractivity contribution >= 4 is 11.6 Å². The first-order chi connectivity index (χ1) is 5.84. The molecule has 2 nitrogen and oxygen atoms in total. The van der Waals surface area contributed by atoms with Crippen LogP contribution in [-0.2, 0) is 4.74 Å². The van der Waals surface area contributed by atoms with Gasteiger partial charge >= 0.3 is 0 Å². The van der Waals surface area contributed by atoms with E-state index >= 15 is 0 Å². The summed E-state index contributed by atoms with van der Waals surface area (Å²) in [7, 11) is 0. The number of nitrogens with zero attached hydrogens (tertiary/aromatic N) is 1. The molecule has 1 aliphatic rings. The van der Waals surface area contributed by atoms with Crippen LogP contribution in [0.5, 0.6) is 0 Å². The molecule has 0 bridgehead atoms. The topological polar surface area (TPSA) is 12.5 Å². The Morgan fingerprint density at radius 3 is 3.08 bits per heavy atom. The molecular weight excluding hydrogens is 174 g/mol. The molecule has 1 atom stereocenters. The highest BCUT2D eigenvalue weighted by atomic mass is 35.5. The Morgan fingerprint density at radius 1 is 1.58 bits per heavy atom. The molecular formula is C9H16ClNO. The van der Waals surface area contributed by atoms with E-state index in [9.17, 15) is 0 Å². The molecule has 0 aromatic carbocycles. The van der Waals surface area contributed by atoms with Crippen molar-refractivity contribution in [2.75, 3.05) is 32.2 Å². The van der Waals surface area contributed by atoms with E-state index < -0.39 is 0 Å². The number of halogens is 1. The molecule has 1 unspecified atom stereocenters. The van der Waals surface area contributed by atoms with Crippen LogP contribution >= 0.6 is 11.6 Å². The summed E-state index contributed by atoms with van der Waals surface area (Å²) in [6.07, 6.45) is 4.11. The maximum atomic E-state index is 5.53. The van der Waals surface area contributed by atoms with Crippen molar-refractivity contribution in [1.29, 1.82) is 0 Å². The second-order valence-electron chi connectivity index (χ2n) is 3.04. The lowest BCUT2D eigenvalue weighted by Crippen LogP contribution is -2.43. The van der Waals surface area contributed by atoms with Gasteiger partial charge in [0.25, 0.3) is 0 Å². The highest BCUT2D eigenvalue weighted by molar-refractivity contribution is 6.18. The van der Waals surface area contributed by atoms with Gasteiger partial charge in [0.2, 0.25) is 0 Å². The van der Waals surface area contributed by atoms with Crippen LogP contribution in [0.1, 0.15) is 6.92 Å². The van der Waals surface area contributed by atoms with Crippen LogP contribution in [0.3, 0.4) is 0 Å². The fourth-order valence-corrected chi connectivity index (χ4v) is 1.43. The van der Waals surface area contributed by atoms with Gasteiger partial charge < -0.3 is 4.74 Å². The normalized spacial score (nSPS) is 26.7. The van der Waals surface area contributed by atoms with Crippen LogP contribution in [0.25, 0.3) is 0 Å². The monoisotopic (exact) mass is 189 g/mol. The van der Waals surface area contributed by atoms with Crippen molar-refractivity contribution < 1.29 is 4.74 Å².